The van der Waals surface area contributed by atoms with Gasteiger partial charge in [-0.15, -0.1) is 0 Å². The maximum atomic E-state index is 5.72. The predicted molar refractivity (Wildman–Crippen MR) is 69.0 cm³/mol. The number of hydrogen-bond acceptors (Lipinski definition) is 4. The van der Waals surface area contributed by atoms with Gasteiger partial charge in [0.25, 0.3) is 0 Å². The van der Waals surface area contributed by atoms with Crippen LogP contribution in [0.25, 0.3) is 0 Å². The quantitative estimate of drug-likeness (QED) is 0.825. The van der Waals surface area contributed by atoms with Crippen molar-refractivity contribution >= 4 is 0 Å². The molecule has 1 rings (SSSR count). The van der Waals surface area contributed by atoms with E-state index in [1.165, 1.54) is 6.33 Å². The molecule has 0 atom stereocenters. The van der Waals surface area contributed by atoms with Crippen molar-refractivity contribution in [3.05, 3.63) is 18.1 Å². The Labute approximate surface area is 104 Å². The molecule has 0 spiro atoms. The van der Waals surface area contributed by atoms with Crippen LogP contribution in [0.2, 0.25) is 0 Å². The average Bonchev–Trinajstić information content (AvgIpc) is 2.26. The Bertz CT molecular complexity index is 334. The summed E-state index contributed by atoms with van der Waals surface area (Å²) < 4.78 is 5.72. The third kappa shape index (κ3) is 5.63. The van der Waals surface area contributed by atoms with Crippen molar-refractivity contribution in [2.45, 2.75) is 40.7 Å². The van der Waals surface area contributed by atoms with E-state index in [0.717, 1.165) is 25.1 Å². The fourth-order valence-corrected chi connectivity index (χ4v) is 1.31. The van der Waals surface area contributed by atoms with Crippen LogP contribution in [0.3, 0.4) is 0 Å². The lowest BCUT2D eigenvalue weighted by Gasteiger charge is -2.18. The fraction of sp³-hybridized carbons (Fsp3) is 0.692. The summed E-state index contributed by atoms with van der Waals surface area (Å²) in [5.74, 6) is 0.699. The van der Waals surface area contributed by atoms with Gasteiger partial charge in [0.2, 0.25) is 5.88 Å². The lowest BCUT2D eigenvalue weighted by atomic mass is 9.93. The van der Waals surface area contributed by atoms with Crippen LogP contribution in [0.15, 0.2) is 12.5 Å². The lowest BCUT2D eigenvalue weighted by molar-refractivity contribution is 0.234. The van der Waals surface area contributed by atoms with Crippen molar-refractivity contribution in [1.29, 1.82) is 0 Å². The average molecular weight is 237 g/mol. The molecule has 4 heteroatoms. The SMILES string of the molecule is CCNCc1cncnc1OCCC(C)(C)C. The molecule has 4 nitrogen and oxygen atoms in total. The third-order valence-corrected chi connectivity index (χ3v) is 2.40. The van der Waals surface area contributed by atoms with E-state index in [9.17, 15) is 0 Å². The Balaban J connectivity index is 2.51. The van der Waals surface area contributed by atoms with E-state index in [2.05, 4.69) is 43.0 Å². The maximum absolute atomic E-state index is 5.72. The highest BCUT2D eigenvalue weighted by molar-refractivity contribution is 5.21. The molecule has 1 aromatic heterocycles. The Morgan fingerprint density at radius 3 is 2.76 bits per heavy atom. The lowest BCUT2D eigenvalue weighted by Crippen LogP contribution is -2.15. The molecule has 17 heavy (non-hydrogen) atoms. The number of ether oxygens (including phenoxy) is 1. The van der Waals surface area contributed by atoms with E-state index >= 15 is 0 Å². The van der Waals surface area contributed by atoms with Crippen LogP contribution >= 0.6 is 0 Å². The second-order valence-electron chi connectivity index (χ2n) is 5.29. The first-order valence-electron chi connectivity index (χ1n) is 6.15. The van der Waals surface area contributed by atoms with Crippen LogP contribution in [0.4, 0.5) is 0 Å². The first kappa shape index (κ1) is 13.9. The standard InChI is InChI=1S/C13H23N3O/c1-5-14-8-11-9-15-10-16-12(11)17-7-6-13(2,3)4/h9-10,14H,5-8H2,1-4H3. The van der Waals surface area contributed by atoms with Crippen molar-refractivity contribution in [3.63, 3.8) is 0 Å². The van der Waals surface area contributed by atoms with E-state index in [4.69, 9.17) is 4.74 Å². The van der Waals surface area contributed by atoms with Gasteiger partial charge in [0.1, 0.15) is 6.33 Å². The molecular weight excluding hydrogens is 214 g/mol. The molecule has 96 valence electrons. The third-order valence-electron chi connectivity index (χ3n) is 2.40. The molecule has 0 aromatic carbocycles. The highest BCUT2D eigenvalue weighted by atomic mass is 16.5. The van der Waals surface area contributed by atoms with Crippen molar-refractivity contribution < 1.29 is 4.74 Å². The topological polar surface area (TPSA) is 47.0 Å². The van der Waals surface area contributed by atoms with Crippen molar-refractivity contribution in [2.24, 2.45) is 5.41 Å². The number of hydrogen-bond donors (Lipinski definition) is 1. The van der Waals surface area contributed by atoms with Crippen molar-refractivity contribution in [3.8, 4) is 5.88 Å². The first-order valence-corrected chi connectivity index (χ1v) is 6.15. The summed E-state index contributed by atoms with van der Waals surface area (Å²) in [6, 6.07) is 0. The van der Waals surface area contributed by atoms with Crippen LogP contribution < -0.4 is 10.1 Å². The molecule has 0 aliphatic heterocycles. The van der Waals surface area contributed by atoms with Crippen LogP contribution in [0.1, 0.15) is 39.7 Å². The van der Waals surface area contributed by atoms with Crippen molar-refractivity contribution in [1.82, 2.24) is 15.3 Å². The molecule has 0 saturated carbocycles. The van der Waals surface area contributed by atoms with Gasteiger partial charge in [-0.3, -0.25) is 0 Å². The minimum atomic E-state index is 0.287. The van der Waals surface area contributed by atoms with Gasteiger partial charge in [0.05, 0.1) is 6.61 Å². The number of rotatable bonds is 6. The number of nitrogens with zero attached hydrogens (tertiary/aromatic N) is 2. The molecule has 0 fully saturated rings. The monoisotopic (exact) mass is 237 g/mol. The second-order valence-corrected chi connectivity index (χ2v) is 5.29. The van der Waals surface area contributed by atoms with Gasteiger partial charge in [-0.05, 0) is 18.4 Å². The Hall–Kier alpha value is -1.16. The molecule has 0 aliphatic carbocycles. The zero-order valence-electron chi connectivity index (χ0n) is 11.3. The molecule has 0 radical (unpaired) electrons. The highest BCUT2D eigenvalue weighted by Crippen LogP contribution is 2.20. The molecule has 1 N–H and O–H groups in total. The zero-order valence-corrected chi connectivity index (χ0v) is 11.3. The van der Waals surface area contributed by atoms with Gasteiger partial charge in [0.15, 0.2) is 0 Å². The first-order chi connectivity index (χ1) is 8.03. The smallest absolute Gasteiger partial charge is 0.220 e. The van der Waals surface area contributed by atoms with Gasteiger partial charge < -0.3 is 10.1 Å². The van der Waals surface area contributed by atoms with E-state index in [-0.39, 0.29) is 5.41 Å². The molecule has 0 aliphatic rings. The Kier molecular flexibility index (Phi) is 5.35. The molecular formula is C13H23N3O. The summed E-state index contributed by atoms with van der Waals surface area (Å²) in [6.45, 7) is 11.1. The molecule has 0 amide bonds. The van der Waals surface area contributed by atoms with E-state index in [0.29, 0.717) is 12.5 Å². The number of nitrogens with one attached hydrogen (secondary N) is 1. The minimum absolute atomic E-state index is 0.287. The molecule has 0 bridgehead atoms. The highest BCUT2D eigenvalue weighted by Gasteiger charge is 2.11. The number of aromatic nitrogens is 2. The second kappa shape index (κ2) is 6.55. The van der Waals surface area contributed by atoms with Gasteiger partial charge in [0, 0.05) is 18.3 Å². The van der Waals surface area contributed by atoms with Crippen LogP contribution in [0, 0.1) is 5.41 Å². The Morgan fingerprint density at radius 2 is 2.12 bits per heavy atom. The fourth-order valence-electron chi connectivity index (χ4n) is 1.31. The van der Waals surface area contributed by atoms with Gasteiger partial charge >= 0.3 is 0 Å². The van der Waals surface area contributed by atoms with Gasteiger partial charge in [-0.1, -0.05) is 27.7 Å². The van der Waals surface area contributed by atoms with E-state index in [1.807, 2.05) is 6.20 Å². The summed E-state index contributed by atoms with van der Waals surface area (Å²) in [7, 11) is 0. The van der Waals surface area contributed by atoms with Gasteiger partial charge in [-0.25, -0.2) is 9.97 Å². The van der Waals surface area contributed by atoms with E-state index < -0.39 is 0 Å². The summed E-state index contributed by atoms with van der Waals surface area (Å²) in [5.41, 5.74) is 1.30. The summed E-state index contributed by atoms with van der Waals surface area (Å²) in [5, 5.41) is 3.25. The molecule has 0 saturated heterocycles. The minimum Gasteiger partial charge on any atom is -0.477 e. The predicted octanol–water partition coefficient (Wildman–Crippen LogP) is 2.40. The largest absolute Gasteiger partial charge is 0.477 e. The summed E-state index contributed by atoms with van der Waals surface area (Å²) >= 11 is 0. The molecule has 0 unspecified atom stereocenters. The summed E-state index contributed by atoms with van der Waals surface area (Å²) in [6.07, 6.45) is 4.35. The van der Waals surface area contributed by atoms with Crippen LogP contribution in [-0.4, -0.2) is 23.1 Å². The van der Waals surface area contributed by atoms with Crippen molar-refractivity contribution in [2.75, 3.05) is 13.2 Å². The zero-order chi connectivity index (χ0) is 12.7. The molecule has 1 aromatic rings. The van der Waals surface area contributed by atoms with E-state index in [1.54, 1.807) is 0 Å². The maximum Gasteiger partial charge on any atom is 0.220 e. The summed E-state index contributed by atoms with van der Waals surface area (Å²) in [4.78, 5) is 8.20. The molecule has 1 heterocycles. The van der Waals surface area contributed by atoms with Crippen LogP contribution in [0.5, 0.6) is 5.88 Å². The van der Waals surface area contributed by atoms with Crippen LogP contribution in [-0.2, 0) is 6.54 Å². The normalized spacial score (nSPS) is 11.5. The van der Waals surface area contributed by atoms with Gasteiger partial charge in [-0.2, -0.15) is 0 Å². The Morgan fingerprint density at radius 1 is 1.35 bits per heavy atom.